The summed E-state index contributed by atoms with van der Waals surface area (Å²) in [5.74, 6) is 0.134. The molecule has 2 atom stereocenters. The number of carbonyl (C=O) groups excluding carboxylic acids is 2. The van der Waals surface area contributed by atoms with Gasteiger partial charge in [0.1, 0.15) is 0 Å². The summed E-state index contributed by atoms with van der Waals surface area (Å²) >= 11 is 0. The Bertz CT molecular complexity index is 312. The molecule has 0 spiro atoms. The number of nitrogens with one attached hydrogen (secondary N) is 1. The molecular formula is C16H30N2O2. The van der Waals surface area contributed by atoms with Gasteiger partial charge in [-0.15, -0.1) is 0 Å². The predicted octanol–water partition coefficient (Wildman–Crippen LogP) is 2.58. The van der Waals surface area contributed by atoms with E-state index in [1.54, 1.807) is 0 Å². The molecule has 0 aromatic carbocycles. The molecule has 1 aliphatic carbocycles. The first-order valence-corrected chi connectivity index (χ1v) is 8.22. The molecule has 20 heavy (non-hydrogen) atoms. The Morgan fingerprint density at radius 3 is 2.20 bits per heavy atom. The number of hydrogen-bond donors (Lipinski definition) is 1. The molecule has 4 heteroatoms. The van der Waals surface area contributed by atoms with Gasteiger partial charge >= 0.3 is 0 Å². The molecule has 1 aliphatic rings. The van der Waals surface area contributed by atoms with Crippen molar-refractivity contribution in [2.75, 3.05) is 19.6 Å². The van der Waals surface area contributed by atoms with Crippen LogP contribution in [0, 0.1) is 11.8 Å². The van der Waals surface area contributed by atoms with Crippen LogP contribution in [0.4, 0.5) is 0 Å². The lowest BCUT2D eigenvalue weighted by Gasteiger charge is -2.21. The van der Waals surface area contributed by atoms with Gasteiger partial charge in [0.05, 0.1) is 11.8 Å². The maximum atomic E-state index is 12.3. The quantitative estimate of drug-likeness (QED) is 0.626. The molecule has 0 saturated heterocycles. The Balaban J connectivity index is 2.32. The van der Waals surface area contributed by atoms with Crippen molar-refractivity contribution < 1.29 is 9.59 Å². The normalized spacial score (nSPS) is 20.6. The number of amides is 2. The predicted molar refractivity (Wildman–Crippen MR) is 81.3 cm³/mol. The number of carbonyl (C=O) groups is 2. The van der Waals surface area contributed by atoms with Gasteiger partial charge in [0, 0.05) is 19.6 Å². The van der Waals surface area contributed by atoms with E-state index in [0.29, 0.717) is 0 Å². The molecule has 0 radical (unpaired) electrons. The summed E-state index contributed by atoms with van der Waals surface area (Å²) in [5.41, 5.74) is 0. The minimum Gasteiger partial charge on any atom is -0.356 e. The molecule has 1 fully saturated rings. The zero-order valence-corrected chi connectivity index (χ0v) is 13.3. The van der Waals surface area contributed by atoms with Gasteiger partial charge in [0.15, 0.2) is 0 Å². The highest BCUT2D eigenvalue weighted by Crippen LogP contribution is 2.40. The van der Waals surface area contributed by atoms with Crippen LogP contribution in [0.15, 0.2) is 0 Å². The highest BCUT2D eigenvalue weighted by Gasteiger charge is 2.49. The highest BCUT2D eigenvalue weighted by molar-refractivity contribution is 5.92. The molecule has 1 saturated carbocycles. The molecule has 0 heterocycles. The van der Waals surface area contributed by atoms with Crippen molar-refractivity contribution in [2.24, 2.45) is 11.8 Å². The first-order valence-electron chi connectivity index (χ1n) is 8.22. The third kappa shape index (κ3) is 5.14. The molecule has 0 aromatic rings. The van der Waals surface area contributed by atoms with Gasteiger partial charge in [-0.1, -0.05) is 33.6 Å². The summed E-state index contributed by atoms with van der Waals surface area (Å²) in [6.07, 6.45) is 6.03. The molecule has 0 bridgehead atoms. The minimum atomic E-state index is -0.0691. The van der Waals surface area contributed by atoms with E-state index in [-0.39, 0.29) is 23.7 Å². The lowest BCUT2D eigenvalue weighted by molar-refractivity contribution is -0.134. The van der Waals surface area contributed by atoms with Crippen LogP contribution in [-0.4, -0.2) is 36.3 Å². The summed E-state index contributed by atoms with van der Waals surface area (Å²) in [5, 5.41) is 2.96. The van der Waals surface area contributed by atoms with Gasteiger partial charge in [-0.2, -0.15) is 0 Å². The second kappa shape index (κ2) is 8.98. The smallest absolute Gasteiger partial charge is 0.226 e. The van der Waals surface area contributed by atoms with Gasteiger partial charge in [0.25, 0.3) is 0 Å². The molecule has 1 N–H and O–H groups in total. The number of nitrogens with zero attached hydrogens (tertiary/aromatic N) is 1. The standard InChI is InChI=1S/C16H30N2O2/c1-4-7-8-9-17-15(19)13-12-14(13)16(20)18(10-5-2)11-6-3/h13-14H,4-12H2,1-3H3,(H,17,19). The SMILES string of the molecule is CCCCCNC(=O)C1CC1C(=O)N(CCC)CCC. The van der Waals surface area contributed by atoms with Crippen LogP contribution in [0.3, 0.4) is 0 Å². The number of rotatable bonds is 10. The Hall–Kier alpha value is -1.06. The van der Waals surface area contributed by atoms with E-state index in [0.717, 1.165) is 58.2 Å². The summed E-state index contributed by atoms with van der Waals surface area (Å²) in [7, 11) is 0. The maximum absolute atomic E-state index is 12.3. The molecule has 1 rings (SSSR count). The average Bonchev–Trinajstić information content (AvgIpc) is 3.23. The monoisotopic (exact) mass is 282 g/mol. The van der Waals surface area contributed by atoms with Gasteiger partial charge < -0.3 is 10.2 Å². The van der Waals surface area contributed by atoms with Crippen molar-refractivity contribution in [3.05, 3.63) is 0 Å². The third-order valence-corrected chi connectivity index (χ3v) is 3.82. The average molecular weight is 282 g/mol. The second-order valence-corrected chi connectivity index (χ2v) is 5.77. The van der Waals surface area contributed by atoms with Crippen LogP contribution < -0.4 is 5.32 Å². The lowest BCUT2D eigenvalue weighted by Crippen LogP contribution is -2.35. The molecule has 0 aromatic heterocycles. The molecule has 4 nitrogen and oxygen atoms in total. The fourth-order valence-corrected chi connectivity index (χ4v) is 2.58. The van der Waals surface area contributed by atoms with E-state index in [2.05, 4.69) is 26.1 Å². The first kappa shape index (κ1) is 17.0. The summed E-state index contributed by atoms with van der Waals surface area (Å²) in [6.45, 7) is 8.69. The first-order chi connectivity index (χ1) is 9.65. The van der Waals surface area contributed by atoms with Crippen molar-refractivity contribution >= 4 is 11.8 Å². The van der Waals surface area contributed by atoms with Gasteiger partial charge in [-0.25, -0.2) is 0 Å². The summed E-state index contributed by atoms with van der Waals surface area (Å²) in [6, 6.07) is 0. The molecular weight excluding hydrogens is 252 g/mol. The molecule has 0 aliphatic heterocycles. The van der Waals surface area contributed by atoms with Crippen molar-refractivity contribution in [3.8, 4) is 0 Å². The Kier molecular flexibility index (Phi) is 7.63. The Morgan fingerprint density at radius 2 is 1.65 bits per heavy atom. The van der Waals surface area contributed by atoms with Crippen LogP contribution in [0.2, 0.25) is 0 Å². The number of hydrogen-bond acceptors (Lipinski definition) is 2. The molecule has 116 valence electrons. The largest absolute Gasteiger partial charge is 0.356 e. The van der Waals surface area contributed by atoms with E-state index >= 15 is 0 Å². The second-order valence-electron chi connectivity index (χ2n) is 5.77. The van der Waals surface area contributed by atoms with Crippen LogP contribution in [0.25, 0.3) is 0 Å². The van der Waals surface area contributed by atoms with Crippen molar-refractivity contribution in [2.45, 2.75) is 59.3 Å². The van der Waals surface area contributed by atoms with E-state index in [1.807, 2.05) is 4.90 Å². The topological polar surface area (TPSA) is 49.4 Å². The van der Waals surface area contributed by atoms with Crippen molar-refractivity contribution in [1.29, 1.82) is 0 Å². The number of unbranched alkanes of at least 4 members (excludes halogenated alkanes) is 2. The Morgan fingerprint density at radius 1 is 1.00 bits per heavy atom. The van der Waals surface area contributed by atoms with Gasteiger partial charge in [-0.05, 0) is 25.7 Å². The van der Waals surface area contributed by atoms with E-state index < -0.39 is 0 Å². The zero-order valence-electron chi connectivity index (χ0n) is 13.3. The maximum Gasteiger partial charge on any atom is 0.226 e. The fourth-order valence-electron chi connectivity index (χ4n) is 2.58. The van der Waals surface area contributed by atoms with Crippen LogP contribution >= 0.6 is 0 Å². The third-order valence-electron chi connectivity index (χ3n) is 3.82. The van der Waals surface area contributed by atoms with E-state index in [1.165, 1.54) is 0 Å². The van der Waals surface area contributed by atoms with E-state index in [4.69, 9.17) is 0 Å². The summed E-state index contributed by atoms with van der Waals surface area (Å²) < 4.78 is 0. The van der Waals surface area contributed by atoms with Crippen LogP contribution in [0.1, 0.15) is 59.3 Å². The van der Waals surface area contributed by atoms with Crippen molar-refractivity contribution in [3.63, 3.8) is 0 Å². The van der Waals surface area contributed by atoms with Gasteiger partial charge in [0.2, 0.25) is 11.8 Å². The fraction of sp³-hybridized carbons (Fsp3) is 0.875. The van der Waals surface area contributed by atoms with Crippen LogP contribution in [0.5, 0.6) is 0 Å². The highest BCUT2D eigenvalue weighted by atomic mass is 16.2. The van der Waals surface area contributed by atoms with E-state index in [9.17, 15) is 9.59 Å². The van der Waals surface area contributed by atoms with Crippen LogP contribution in [-0.2, 0) is 9.59 Å². The Labute approximate surface area is 123 Å². The van der Waals surface area contributed by atoms with Crippen molar-refractivity contribution in [1.82, 2.24) is 10.2 Å². The molecule has 2 amide bonds. The minimum absolute atomic E-state index is 0.0562. The zero-order chi connectivity index (χ0) is 15.0. The lowest BCUT2D eigenvalue weighted by atomic mass is 10.2. The summed E-state index contributed by atoms with van der Waals surface area (Å²) in [4.78, 5) is 26.2. The van der Waals surface area contributed by atoms with Gasteiger partial charge in [-0.3, -0.25) is 9.59 Å². The molecule has 2 unspecified atom stereocenters.